The highest BCUT2D eigenvalue weighted by Gasteiger charge is 2.70. The zero-order valence-electron chi connectivity index (χ0n) is 30.2. The smallest absolute Gasteiger partial charge is 0.413 e. The van der Waals surface area contributed by atoms with Crippen molar-refractivity contribution in [3.63, 3.8) is 0 Å². The van der Waals surface area contributed by atoms with Crippen molar-refractivity contribution >= 4 is 22.2 Å². The first-order valence-electron chi connectivity index (χ1n) is 16.2. The van der Waals surface area contributed by atoms with Gasteiger partial charge in [0.2, 0.25) is 0 Å². The lowest BCUT2D eigenvalue weighted by molar-refractivity contribution is -0.343. The second-order valence-electron chi connectivity index (χ2n) is 15.4. The van der Waals surface area contributed by atoms with Crippen molar-refractivity contribution in [1.29, 1.82) is 0 Å². The van der Waals surface area contributed by atoms with E-state index in [1.165, 1.54) is 0 Å². The predicted molar refractivity (Wildman–Crippen MR) is 187 cm³/mol. The number of aryl methyl sites for hydroxylation is 2. The number of benzene rings is 2. The highest BCUT2D eigenvalue weighted by atomic mass is 28.4. The molecule has 0 saturated carbocycles. The first-order valence-corrected chi connectivity index (χ1v) is 22.0. The molecule has 0 heterocycles. The van der Waals surface area contributed by atoms with Gasteiger partial charge in [0.15, 0.2) is 16.6 Å². The fraction of sp³-hybridized carbons (Fsp3) is 0.568. The van der Waals surface area contributed by atoms with Gasteiger partial charge in [-0.3, -0.25) is 0 Å². The van der Waals surface area contributed by atoms with Crippen LogP contribution >= 0.6 is 0 Å². The van der Waals surface area contributed by atoms with Crippen molar-refractivity contribution in [1.82, 2.24) is 0 Å². The topological polar surface area (TPSA) is 38.7 Å². The maximum absolute atomic E-state index is 13.0. The van der Waals surface area contributed by atoms with Crippen molar-refractivity contribution in [2.45, 2.75) is 135 Å². The van der Waals surface area contributed by atoms with E-state index in [0.717, 1.165) is 34.3 Å². The molecule has 2 aromatic rings. The van der Waals surface area contributed by atoms with Crippen LogP contribution in [0.3, 0.4) is 0 Å². The van der Waals surface area contributed by atoms with Gasteiger partial charge in [0.05, 0.1) is 13.2 Å². The Balaban J connectivity index is 2.35. The number of allylic oxidation sites excluding steroid dienone is 2. The van der Waals surface area contributed by atoms with E-state index in [2.05, 4.69) is 85.9 Å². The second kappa shape index (κ2) is 15.3. The Morgan fingerprint density at radius 1 is 0.729 bits per heavy atom. The van der Waals surface area contributed by atoms with Crippen molar-refractivity contribution in [2.24, 2.45) is 0 Å². The Kier molecular flexibility index (Phi) is 13.3. The number of halogens is 6. The normalized spacial score (nSPS) is 14.2. The molecule has 268 valence electrons. The van der Waals surface area contributed by atoms with Gasteiger partial charge in [0.1, 0.15) is 0 Å². The summed E-state index contributed by atoms with van der Waals surface area (Å²) in [5.74, 6) is 2.82. The summed E-state index contributed by atoms with van der Waals surface area (Å²) in [5.41, 5.74) is 0.231. The van der Waals surface area contributed by atoms with Gasteiger partial charge in [0, 0.05) is 0 Å². The first-order chi connectivity index (χ1) is 21.6. The third-order valence-corrected chi connectivity index (χ3v) is 18.7. The predicted octanol–water partition coefficient (Wildman–Crippen LogP) is 11.2. The molecule has 0 aliphatic rings. The molecular weight excluding hydrogens is 663 g/mol. The lowest BCUT2D eigenvalue weighted by Gasteiger charge is -2.37. The number of alkyl halides is 6. The van der Waals surface area contributed by atoms with Crippen molar-refractivity contribution in [3.05, 3.63) is 76.4 Å². The molecule has 48 heavy (non-hydrogen) atoms. The van der Waals surface area contributed by atoms with Crippen LogP contribution in [0.4, 0.5) is 26.3 Å². The van der Waals surface area contributed by atoms with Crippen LogP contribution in [0.2, 0.25) is 36.3 Å². The summed E-state index contributed by atoms with van der Waals surface area (Å²) in [6.45, 7) is 24.9. The molecular formula is C37H52F6O3Si2. The Hall–Kier alpha value is -2.37. The zero-order chi connectivity index (χ0) is 37.0. The Morgan fingerprint density at radius 2 is 1.21 bits per heavy atom. The summed E-state index contributed by atoms with van der Waals surface area (Å²) < 4.78 is 91.3. The molecule has 0 unspecified atom stereocenters. The lowest BCUT2D eigenvalue weighted by Crippen LogP contribution is -2.55. The molecule has 0 atom stereocenters. The zero-order valence-corrected chi connectivity index (χ0v) is 32.2. The summed E-state index contributed by atoms with van der Waals surface area (Å²) in [4.78, 5) is 0. The summed E-state index contributed by atoms with van der Waals surface area (Å²) in [6, 6.07) is 13.7. The molecule has 0 aromatic heterocycles. The SMILES string of the molecule is CC/C(=C\C#CC(O)(C(F)(F)F)C(F)(F)F)c1cccc(CCc2ccc(CO[Si](C)(C)C(C)(C)C)c(CO[Si](C)(C)C(C)(C)C)c2)c1. The van der Waals surface area contributed by atoms with Crippen LogP contribution in [0.15, 0.2) is 48.5 Å². The molecule has 0 radical (unpaired) electrons. The van der Waals surface area contributed by atoms with E-state index in [4.69, 9.17) is 8.85 Å². The lowest BCUT2D eigenvalue weighted by atomic mass is 9.96. The van der Waals surface area contributed by atoms with Gasteiger partial charge in [-0.05, 0) is 101 Å². The van der Waals surface area contributed by atoms with Crippen LogP contribution in [0.25, 0.3) is 5.57 Å². The van der Waals surface area contributed by atoms with E-state index in [1.807, 2.05) is 18.1 Å². The number of rotatable bonds is 11. The van der Waals surface area contributed by atoms with E-state index in [0.29, 0.717) is 43.6 Å². The summed E-state index contributed by atoms with van der Waals surface area (Å²) >= 11 is 0. The number of aliphatic hydroxyl groups is 1. The van der Waals surface area contributed by atoms with E-state index in [1.54, 1.807) is 19.1 Å². The molecule has 11 heteroatoms. The standard InChI is InChI=1S/C37H52F6O3Si2/c1-12-29(17-14-22-35(44,36(38,39)40)37(41,42)43)30-16-13-15-27(23-30)18-19-28-20-21-31(25-45-47(8,9)33(2,3)4)32(24-28)26-46-48(10,11)34(5,6)7/h13,15-17,20-21,23-24,44H,12,18-19,25-26H2,1-11H3/b29-17+. The van der Waals surface area contributed by atoms with Crippen LogP contribution in [0.5, 0.6) is 0 Å². The van der Waals surface area contributed by atoms with Gasteiger partial charge < -0.3 is 14.0 Å². The van der Waals surface area contributed by atoms with Gasteiger partial charge in [-0.2, -0.15) is 26.3 Å². The van der Waals surface area contributed by atoms with Gasteiger partial charge >= 0.3 is 18.0 Å². The number of hydrogen-bond donors (Lipinski definition) is 1. The minimum absolute atomic E-state index is 0.0582. The van der Waals surface area contributed by atoms with Gasteiger partial charge in [0.25, 0.3) is 0 Å². The molecule has 0 fully saturated rings. The fourth-order valence-corrected chi connectivity index (χ4v) is 6.09. The van der Waals surface area contributed by atoms with Gasteiger partial charge in [-0.25, -0.2) is 0 Å². The highest BCUT2D eigenvalue weighted by molar-refractivity contribution is 6.74. The van der Waals surface area contributed by atoms with Crippen LogP contribution in [-0.2, 0) is 34.9 Å². The molecule has 0 saturated heterocycles. The third kappa shape index (κ3) is 10.6. The Labute approximate surface area is 285 Å². The molecule has 3 nitrogen and oxygen atoms in total. The maximum atomic E-state index is 13.0. The molecule has 0 bridgehead atoms. The molecule has 0 aliphatic carbocycles. The largest absolute Gasteiger partial charge is 0.438 e. The minimum Gasteiger partial charge on any atom is -0.413 e. The van der Waals surface area contributed by atoms with E-state index < -0.39 is 34.6 Å². The van der Waals surface area contributed by atoms with Crippen molar-refractivity contribution < 1.29 is 40.3 Å². The minimum atomic E-state index is -5.99. The van der Waals surface area contributed by atoms with Crippen LogP contribution in [0, 0.1) is 11.8 Å². The highest BCUT2D eigenvalue weighted by Crippen LogP contribution is 2.43. The first kappa shape index (κ1) is 41.8. The van der Waals surface area contributed by atoms with E-state index in [-0.39, 0.29) is 10.1 Å². The second-order valence-corrected chi connectivity index (χ2v) is 25.0. The Morgan fingerprint density at radius 3 is 1.67 bits per heavy atom. The summed E-state index contributed by atoms with van der Waals surface area (Å²) in [7, 11) is -4.00. The third-order valence-electron chi connectivity index (χ3n) is 9.76. The maximum Gasteiger partial charge on any atom is 0.438 e. The molecule has 0 amide bonds. The number of hydrogen-bond acceptors (Lipinski definition) is 3. The quantitative estimate of drug-likeness (QED) is 0.143. The van der Waals surface area contributed by atoms with Crippen LogP contribution < -0.4 is 0 Å². The van der Waals surface area contributed by atoms with E-state index >= 15 is 0 Å². The average Bonchev–Trinajstić information content (AvgIpc) is 2.94. The molecule has 2 aromatic carbocycles. The fourth-order valence-electron chi connectivity index (χ4n) is 4.19. The van der Waals surface area contributed by atoms with Crippen molar-refractivity contribution in [3.8, 4) is 11.8 Å². The van der Waals surface area contributed by atoms with Crippen molar-refractivity contribution in [2.75, 3.05) is 0 Å². The molecule has 0 spiro atoms. The summed E-state index contributed by atoms with van der Waals surface area (Å²) in [5, 5.41) is 9.48. The monoisotopic (exact) mass is 714 g/mol. The summed E-state index contributed by atoms with van der Waals surface area (Å²) in [6.07, 6.45) is -9.32. The molecule has 0 aliphatic heterocycles. The molecule has 1 N–H and O–H groups in total. The van der Waals surface area contributed by atoms with Gasteiger partial charge in [-0.15, -0.1) is 0 Å². The van der Waals surface area contributed by atoms with Crippen LogP contribution in [0.1, 0.15) is 82.7 Å². The van der Waals surface area contributed by atoms with E-state index in [9.17, 15) is 31.4 Å². The van der Waals surface area contributed by atoms with Crippen LogP contribution in [-0.4, -0.2) is 39.7 Å². The average molecular weight is 715 g/mol. The van der Waals surface area contributed by atoms with Gasteiger partial charge in [-0.1, -0.05) is 96.9 Å². The Bertz CT molecular complexity index is 1470. The molecule has 2 rings (SSSR count).